The molecule has 0 aromatic carbocycles. The van der Waals surface area contributed by atoms with Crippen molar-refractivity contribution in [3.05, 3.63) is 88.4 Å². The second kappa shape index (κ2) is 9.05. The van der Waals surface area contributed by atoms with Crippen molar-refractivity contribution in [2.75, 3.05) is 20.3 Å². The summed E-state index contributed by atoms with van der Waals surface area (Å²) in [6.07, 6.45) is 6.55. The molecule has 7 heteroatoms. The van der Waals surface area contributed by atoms with Crippen molar-refractivity contribution < 1.29 is 9.53 Å². The number of pyridine rings is 3. The summed E-state index contributed by atoms with van der Waals surface area (Å²) in [5.41, 5.74) is 1.74. The summed E-state index contributed by atoms with van der Waals surface area (Å²) in [4.78, 5) is 36.3. The summed E-state index contributed by atoms with van der Waals surface area (Å²) in [5, 5.41) is 0. The molecular weight excluding hydrogens is 356 g/mol. The zero-order chi connectivity index (χ0) is 19.9. The Morgan fingerprint density at radius 3 is 2.71 bits per heavy atom. The molecule has 3 heterocycles. The summed E-state index contributed by atoms with van der Waals surface area (Å²) in [7, 11) is 1.58. The molecule has 0 aliphatic rings. The summed E-state index contributed by atoms with van der Waals surface area (Å²) in [6, 6.07) is 10.8. The number of hydrogen-bond acceptors (Lipinski definition) is 5. The van der Waals surface area contributed by atoms with E-state index in [9.17, 15) is 9.59 Å². The van der Waals surface area contributed by atoms with Crippen LogP contribution in [-0.2, 0) is 11.3 Å². The first-order valence-electron chi connectivity index (χ1n) is 8.92. The second-order valence-corrected chi connectivity index (χ2v) is 6.30. The topological polar surface area (TPSA) is 77.3 Å². The number of amides is 1. The zero-order valence-corrected chi connectivity index (χ0v) is 15.9. The highest BCUT2D eigenvalue weighted by molar-refractivity contribution is 5.95. The van der Waals surface area contributed by atoms with Crippen LogP contribution in [0.15, 0.2) is 66.0 Å². The lowest BCUT2D eigenvalue weighted by molar-refractivity contribution is 0.0675. The fraction of sp³-hybridized carbons (Fsp3) is 0.238. The number of nitrogens with zero attached hydrogens (tertiary/aromatic N) is 4. The van der Waals surface area contributed by atoms with Gasteiger partial charge in [-0.15, -0.1) is 0 Å². The van der Waals surface area contributed by atoms with Crippen LogP contribution >= 0.6 is 0 Å². The third-order valence-corrected chi connectivity index (χ3v) is 4.37. The van der Waals surface area contributed by atoms with Gasteiger partial charge in [-0.05, 0) is 42.8 Å². The van der Waals surface area contributed by atoms with E-state index in [4.69, 9.17) is 4.74 Å². The Morgan fingerprint density at radius 2 is 2.04 bits per heavy atom. The Labute approximate surface area is 163 Å². The molecule has 0 aliphatic carbocycles. The molecule has 0 atom stereocenters. The Kier molecular flexibility index (Phi) is 6.29. The number of carbonyl (C=O) groups excluding carboxylic acids is 1. The summed E-state index contributed by atoms with van der Waals surface area (Å²) in [5.74, 6) is -0.344. The van der Waals surface area contributed by atoms with Crippen LogP contribution < -0.4 is 5.56 Å². The highest BCUT2D eigenvalue weighted by atomic mass is 16.5. The lowest BCUT2D eigenvalue weighted by Crippen LogP contribution is -2.38. The monoisotopic (exact) mass is 378 g/mol. The first kappa shape index (κ1) is 19.4. The molecule has 28 heavy (non-hydrogen) atoms. The molecule has 0 aliphatic heterocycles. The number of aromatic nitrogens is 3. The standard InChI is InChI=1S/C21H22N4O3/c1-16-8-11-25(18-7-5-9-22-14-18)21(27)19(16)20(26)24(12-13-28-2)15-17-6-3-4-10-23-17/h3-11,14H,12-13,15H2,1-2H3. The van der Waals surface area contributed by atoms with Crippen LogP contribution in [0, 0.1) is 6.92 Å². The molecule has 0 N–H and O–H groups in total. The molecule has 0 bridgehead atoms. The van der Waals surface area contributed by atoms with Crippen LogP contribution in [0.3, 0.4) is 0 Å². The Bertz CT molecular complexity index is 988. The van der Waals surface area contributed by atoms with E-state index < -0.39 is 0 Å². The van der Waals surface area contributed by atoms with Gasteiger partial charge in [0.2, 0.25) is 0 Å². The molecule has 0 unspecified atom stereocenters. The van der Waals surface area contributed by atoms with Gasteiger partial charge >= 0.3 is 0 Å². The molecule has 1 amide bonds. The molecule has 0 radical (unpaired) electrons. The van der Waals surface area contributed by atoms with E-state index in [2.05, 4.69) is 9.97 Å². The van der Waals surface area contributed by atoms with Gasteiger partial charge in [0.25, 0.3) is 11.5 Å². The largest absolute Gasteiger partial charge is 0.383 e. The minimum absolute atomic E-state index is 0.137. The van der Waals surface area contributed by atoms with E-state index in [1.807, 2.05) is 18.2 Å². The number of ether oxygens (including phenoxy) is 1. The zero-order valence-electron chi connectivity index (χ0n) is 15.9. The molecule has 0 saturated heterocycles. The van der Waals surface area contributed by atoms with Gasteiger partial charge < -0.3 is 9.64 Å². The minimum atomic E-state index is -0.374. The van der Waals surface area contributed by atoms with E-state index in [1.165, 1.54) is 4.57 Å². The number of carbonyl (C=O) groups is 1. The van der Waals surface area contributed by atoms with Gasteiger partial charge in [-0.2, -0.15) is 0 Å². The maximum absolute atomic E-state index is 13.3. The quantitative estimate of drug-likeness (QED) is 0.630. The van der Waals surface area contributed by atoms with E-state index in [-0.39, 0.29) is 17.0 Å². The lowest BCUT2D eigenvalue weighted by atomic mass is 10.1. The predicted molar refractivity (Wildman–Crippen MR) is 105 cm³/mol. The van der Waals surface area contributed by atoms with Crippen LogP contribution in [0.4, 0.5) is 0 Å². The number of hydrogen-bond donors (Lipinski definition) is 0. The molecule has 144 valence electrons. The first-order chi connectivity index (χ1) is 13.6. The number of rotatable bonds is 7. The second-order valence-electron chi connectivity index (χ2n) is 6.30. The van der Waals surface area contributed by atoms with Crippen molar-refractivity contribution in [2.45, 2.75) is 13.5 Å². The molecule has 0 fully saturated rings. The van der Waals surface area contributed by atoms with Crippen molar-refractivity contribution in [3.63, 3.8) is 0 Å². The van der Waals surface area contributed by atoms with Crippen LogP contribution in [0.1, 0.15) is 21.6 Å². The third kappa shape index (κ3) is 4.32. The SMILES string of the molecule is COCCN(Cc1ccccn1)C(=O)c1c(C)ccn(-c2cccnc2)c1=O. The van der Waals surface area contributed by atoms with Crippen molar-refractivity contribution >= 4 is 5.91 Å². The highest BCUT2D eigenvalue weighted by Gasteiger charge is 2.23. The Morgan fingerprint density at radius 1 is 1.18 bits per heavy atom. The average Bonchev–Trinajstić information content (AvgIpc) is 2.72. The van der Waals surface area contributed by atoms with Crippen molar-refractivity contribution in [2.24, 2.45) is 0 Å². The molecule has 0 saturated carbocycles. The molecule has 3 aromatic rings. The van der Waals surface area contributed by atoms with Crippen LogP contribution in [0.25, 0.3) is 5.69 Å². The van der Waals surface area contributed by atoms with Gasteiger partial charge in [0.05, 0.1) is 30.7 Å². The molecule has 3 aromatic heterocycles. The average molecular weight is 378 g/mol. The lowest BCUT2D eigenvalue weighted by Gasteiger charge is -2.23. The van der Waals surface area contributed by atoms with Gasteiger partial charge in [-0.3, -0.25) is 24.1 Å². The Hall–Kier alpha value is -3.32. The third-order valence-electron chi connectivity index (χ3n) is 4.37. The summed E-state index contributed by atoms with van der Waals surface area (Å²) in [6.45, 7) is 2.77. The van der Waals surface area contributed by atoms with E-state index in [1.54, 1.807) is 61.9 Å². The fourth-order valence-corrected chi connectivity index (χ4v) is 2.89. The maximum atomic E-state index is 13.3. The van der Waals surface area contributed by atoms with Crippen LogP contribution in [0.2, 0.25) is 0 Å². The van der Waals surface area contributed by atoms with Gasteiger partial charge in [0.15, 0.2) is 0 Å². The van der Waals surface area contributed by atoms with Gasteiger partial charge in [0.1, 0.15) is 5.56 Å². The normalized spacial score (nSPS) is 10.6. The number of aryl methyl sites for hydroxylation is 1. The molecule has 3 rings (SSSR count). The first-order valence-corrected chi connectivity index (χ1v) is 8.92. The van der Waals surface area contributed by atoms with E-state index >= 15 is 0 Å². The smallest absolute Gasteiger partial charge is 0.268 e. The van der Waals surface area contributed by atoms with Gasteiger partial charge in [-0.25, -0.2) is 0 Å². The van der Waals surface area contributed by atoms with E-state index in [0.717, 1.165) is 5.69 Å². The van der Waals surface area contributed by atoms with Crippen molar-refractivity contribution in [3.8, 4) is 5.69 Å². The molecular formula is C21H22N4O3. The van der Waals surface area contributed by atoms with E-state index in [0.29, 0.717) is 30.9 Å². The molecule has 0 spiro atoms. The van der Waals surface area contributed by atoms with Gasteiger partial charge in [0, 0.05) is 32.2 Å². The van der Waals surface area contributed by atoms with Crippen LogP contribution in [-0.4, -0.2) is 45.6 Å². The maximum Gasteiger partial charge on any atom is 0.268 e. The highest BCUT2D eigenvalue weighted by Crippen LogP contribution is 2.12. The predicted octanol–water partition coefficient (Wildman–Crippen LogP) is 2.22. The summed E-state index contributed by atoms with van der Waals surface area (Å²) < 4.78 is 6.58. The van der Waals surface area contributed by atoms with Crippen LogP contribution in [0.5, 0.6) is 0 Å². The minimum Gasteiger partial charge on any atom is -0.383 e. The fourth-order valence-electron chi connectivity index (χ4n) is 2.89. The van der Waals surface area contributed by atoms with Crippen molar-refractivity contribution in [1.29, 1.82) is 0 Å². The molecule has 7 nitrogen and oxygen atoms in total. The van der Waals surface area contributed by atoms with Crippen molar-refractivity contribution in [1.82, 2.24) is 19.4 Å². The van der Waals surface area contributed by atoms with Gasteiger partial charge in [-0.1, -0.05) is 6.07 Å². The summed E-state index contributed by atoms with van der Waals surface area (Å²) >= 11 is 0. The number of methoxy groups -OCH3 is 1. The Balaban J connectivity index is 1.99.